The maximum atomic E-state index is 12.9. The molecule has 0 fully saturated rings. The van der Waals surface area contributed by atoms with Crippen LogP contribution in [0.25, 0.3) is 0 Å². The third-order valence-electron chi connectivity index (χ3n) is 2.03. The summed E-state index contributed by atoms with van der Waals surface area (Å²) in [6.07, 6.45) is 0. The third kappa shape index (κ3) is 3.58. The summed E-state index contributed by atoms with van der Waals surface area (Å²) in [5.74, 6) is -0.294. The van der Waals surface area contributed by atoms with Gasteiger partial charge in [-0.1, -0.05) is 12.1 Å². The summed E-state index contributed by atoms with van der Waals surface area (Å²) in [5.41, 5.74) is 0.751. The minimum Gasteiger partial charge on any atom is -0.338 e. The summed E-state index contributed by atoms with van der Waals surface area (Å²) in [5, 5.41) is 5.32. The van der Waals surface area contributed by atoms with E-state index >= 15 is 0 Å². The van der Waals surface area contributed by atoms with Crippen LogP contribution in [0.15, 0.2) is 24.3 Å². The average Bonchev–Trinajstić information content (AvgIpc) is 2.18. The van der Waals surface area contributed by atoms with Crippen LogP contribution in [0.2, 0.25) is 0 Å². The minimum absolute atomic E-state index is 0.202. The van der Waals surface area contributed by atoms with Gasteiger partial charge in [0, 0.05) is 6.54 Å². The highest BCUT2D eigenvalue weighted by molar-refractivity contribution is 5.74. The minimum atomic E-state index is -0.294. The van der Waals surface area contributed by atoms with E-state index in [1.807, 2.05) is 13.8 Å². The van der Waals surface area contributed by atoms with Crippen LogP contribution >= 0.6 is 0 Å². The molecular weight excluding hydrogens is 195 g/mol. The lowest BCUT2D eigenvalue weighted by molar-refractivity contribution is 0.238. The van der Waals surface area contributed by atoms with Gasteiger partial charge in [0.05, 0.1) is 6.04 Å². The Balaban J connectivity index is 2.60. The van der Waals surface area contributed by atoms with Crippen molar-refractivity contribution in [1.29, 1.82) is 0 Å². The number of amides is 2. The Kier molecular flexibility index (Phi) is 4.09. The van der Waals surface area contributed by atoms with Gasteiger partial charge in [0.15, 0.2) is 0 Å². The monoisotopic (exact) mass is 210 g/mol. The van der Waals surface area contributed by atoms with E-state index in [0.717, 1.165) is 5.56 Å². The number of carbonyl (C=O) groups is 1. The van der Waals surface area contributed by atoms with Crippen molar-refractivity contribution in [2.24, 2.45) is 0 Å². The lowest BCUT2D eigenvalue weighted by atomic mass is 10.1. The van der Waals surface area contributed by atoms with Crippen molar-refractivity contribution < 1.29 is 9.18 Å². The molecule has 1 aromatic carbocycles. The first-order valence-electron chi connectivity index (χ1n) is 4.93. The lowest BCUT2D eigenvalue weighted by Gasteiger charge is -2.14. The Morgan fingerprint density at radius 1 is 1.53 bits per heavy atom. The van der Waals surface area contributed by atoms with Gasteiger partial charge in [-0.25, -0.2) is 9.18 Å². The zero-order chi connectivity index (χ0) is 11.3. The summed E-state index contributed by atoms with van der Waals surface area (Å²) < 4.78 is 12.9. The fourth-order valence-electron chi connectivity index (χ4n) is 1.27. The van der Waals surface area contributed by atoms with E-state index in [1.165, 1.54) is 12.1 Å². The topological polar surface area (TPSA) is 41.1 Å². The largest absolute Gasteiger partial charge is 0.338 e. The molecule has 0 aliphatic carbocycles. The molecular formula is C11H15FN2O. The van der Waals surface area contributed by atoms with Gasteiger partial charge in [0.1, 0.15) is 5.82 Å². The molecule has 0 radical (unpaired) electrons. The van der Waals surface area contributed by atoms with Crippen molar-refractivity contribution in [2.75, 3.05) is 6.54 Å². The second-order valence-electron chi connectivity index (χ2n) is 3.28. The van der Waals surface area contributed by atoms with Gasteiger partial charge in [0.2, 0.25) is 0 Å². The Bertz CT molecular complexity index is 341. The Labute approximate surface area is 88.7 Å². The van der Waals surface area contributed by atoms with Crippen LogP contribution in [-0.2, 0) is 0 Å². The van der Waals surface area contributed by atoms with E-state index in [0.29, 0.717) is 6.54 Å². The number of hydrogen-bond donors (Lipinski definition) is 2. The predicted molar refractivity (Wildman–Crippen MR) is 57.0 cm³/mol. The fourth-order valence-corrected chi connectivity index (χ4v) is 1.27. The molecule has 1 atom stereocenters. The molecule has 15 heavy (non-hydrogen) atoms. The van der Waals surface area contributed by atoms with Gasteiger partial charge >= 0.3 is 6.03 Å². The number of hydrogen-bond acceptors (Lipinski definition) is 1. The zero-order valence-corrected chi connectivity index (χ0v) is 8.88. The van der Waals surface area contributed by atoms with Crippen molar-refractivity contribution in [3.63, 3.8) is 0 Å². The maximum absolute atomic E-state index is 12.9. The van der Waals surface area contributed by atoms with Crippen LogP contribution in [0.4, 0.5) is 9.18 Å². The molecule has 1 aromatic rings. The van der Waals surface area contributed by atoms with E-state index in [1.54, 1.807) is 12.1 Å². The lowest BCUT2D eigenvalue weighted by Crippen LogP contribution is -2.36. The van der Waals surface area contributed by atoms with Crippen LogP contribution in [0.3, 0.4) is 0 Å². The summed E-state index contributed by atoms with van der Waals surface area (Å²) in [6, 6.07) is 5.75. The van der Waals surface area contributed by atoms with E-state index in [2.05, 4.69) is 10.6 Å². The average molecular weight is 210 g/mol. The van der Waals surface area contributed by atoms with E-state index in [9.17, 15) is 9.18 Å². The van der Waals surface area contributed by atoms with Crippen molar-refractivity contribution in [3.05, 3.63) is 35.6 Å². The van der Waals surface area contributed by atoms with Gasteiger partial charge in [-0.3, -0.25) is 0 Å². The van der Waals surface area contributed by atoms with Crippen LogP contribution < -0.4 is 10.6 Å². The third-order valence-corrected chi connectivity index (χ3v) is 2.03. The van der Waals surface area contributed by atoms with Crippen molar-refractivity contribution >= 4 is 6.03 Å². The molecule has 2 amide bonds. The molecule has 0 aromatic heterocycles. The normalized spacial score (nSPS) is 11.9. The van der Waals surface area contributed by atoms with Crippen molar-refractivity contribution in [3.8, 4) is 0 Å². The van der Waals surface area contributed by atoms with Crippen LogP contribution in [0, 0.1) is 5.82 Å². The van der Waals surface area contributed by atoms with Crippen molar-refractivity contribution in [2.45, 2.75) is 19.9 Å². The predicted octanol–water partition coefficient (Wildman–Crippen LogP) is 2.21. The molecule has 1 unspecified atom stereocenters. The van der Waals surface area contributed by atoms with Gasteiger partial charge in [-0.05, 0) is 31.5 Å². The second kappa shape index (κ2) is 5.34. The Morgan fingerprint density at radius 2 is 2.27 bits per heavy atom. The van der Waals surface area contributed by atoms with Gasteiger partial charge < -0.3 is 10.6 Å². The molecule has 2 N–H and O–H groups in total. The molecule has 0 heterocycles. The maximum Gasteiger partial charge on any atom is 0.315 e. The summed E-state index contributed by atoms with van der Waals surface area (Å²) in [7, 11) is 0. The highest BCUT2D eigenvalue weighted by atomic mass is 19.1. The number of benzene rings is 1. The number of urea groups is 1. The molecule has 4 heteroatoms. The van der Waals surface area contributed by atoms with Crippen LogP contribution in [-0.4, -0.2) is 12.6 Å². The molecule has 3 nitrogen and oxygen atoms in total. The first-order valence-corrected chi connectivity index (χ1v) is 4.93. The molecule has 82 valence electrons. The number of halogens is 1. The zero-order valence-electron chi connectivity index (χ0n) is 8.88. The van der Waals surface area contributed by atoms with E-state index in [4.69, 9.17) is 0 Å². The fraction of sp³-hybridized carbons (Fsp3) is 0.364. The molecule has 0 bridgehead atoms. The smallest absolute Gasteiger partial charge is 0.315 e. The summed E-state index contributed by atoms with van der Waals surface area (Å²) >= 11 is 0. The number of carbonyl (C=O) groups excluding carboxylic acids is 1. The van der Waals surface area contributed by atoms with E-state index < -0.39 is 0 Å². The molecule has 0 saturated heterocycles. The van der Waals surface area contributed by atoms with Gasteiger partial charge in [0.25, 0.3) is 0 Å². The quantitative estimate of drug-likeness (QED) is 0.789. The highest BCUT2D eigenvalue weighted by Crippen LogP contribution is 2.12. The highest BCUT2D eigenvalue weighted by Gasteiger charge is 2.08. The molecule has 1 rings (SSSR count). The number of rotatable bonds is 3. The molecule has 0 aliphatic heterocycles. The summed E-state index contributed by atoms with van der Waals surface area (Å²) in [6.45, 7) is 4.22. The molecule has 0 aliphatic rings. The van der Waals surface area contributed by atoms with E-state index in [-0.39, 0.29) is 17.9 Å². The van der Waals surface area contributed by atoms with Crippen LogP contribution in [0.5, 0.6) is 0 Å². The number of nitrogens with one attached hydrogen (secondary N) is 2. The van der Waals surface area contributed by atoms with Crippen molar-refractivity contribution in [1.82, 2.24) is 10.6 Å². The molecule has 0 saturated carbocycles. The first-order chi connectivity index (χ1) is 7.13. The Morgan fingerprint density at radius 3 is 2.87 bits per heavy atom. The Hall–Kier alpha value is -1.58. The van der Waals surface area contributed by atoms with Crippen LogP contribution in [0.1, 0.15) is 25.5 Å². The standard InChI is InChI=1S/C11H15FN2O/c1-3-13-11(15)14-8(2)9-5-4-6-10(12)7-9/h4-8H,3H2,1-2H3,(H2,13,14,15). The van der Waals surface area contributed by atoms with Gasteiger partial charge in [-0.2, -0.15) is 0 Å². The van der Waals surface area contributed by atoms with Gasteiger partial charge in [-0.15, -0.1) is 0 Å². The summed E-state index contributed by atoms with van der Waals surface area (Å²) in [4.78, 5) is 11.2. The first kappa shape index (κ1) is 11.5. The second-order valence-corrected chi connectivity index (χ2v) is 3.28. The SMILES string of the molecule is CCNC(=O)NC(C)c1cccc(F)c1. The molecule has 0 spiro atoms.